The topological polar surface area (TPSA) is 127 Å². The Kier molecular flexibility index (Phi) is 7.39. The third-order valence-electron chi connectivity index (χ3n) is 5.73. The Balaban J connectivity index is 1.79. The van der Waals surface area contributed by atoms with Crippen LogP contribution in [-0.2, 0) is 21.1 Å². The molecular weight excluding hydrogens is 515 g/mol. The van der Waals surface area contributed by atoms with E-state index in [4.69, 9.17) is 4.74 Å². The fourth-order valence-corrected chi connectivity index (χ4v) is 4.88. The van der Waals surface area contributed by atoms with Crippen LogP contribution in [0.15, 0.2) is 46.3 Å². The van der Waals surface area contributed by atoms with Crippen molar-refractivity contribution in [2.75, 3.05) is 37.5 Å². The lowest BCUT2D eigenvalue weighted by Crippen LogP contribution is -2.36. The molecule has 0 atom stereocenters. The summed E-state index contributed by atoms with van der Waals surface area (Å²) in [7, 11) is -3.74. The number of anilines is 1. The minimum atomic E-state index is -4.99. The van der Waals surface area contributed by atoms with Gasteiger partial charge in [-0.15, -0.1) is 13.2 Å². The van der Waals surface area contributed by atoms with Gasteiger partial charge < -0.3 is 9.47 Å². The molecule has 0 spiro atoms. The highest BCUT2D eigenvalue weighted by Crippen LogP contribution is 2.30. The maximum atomic E-state index is 13.2. The van der Waals surface area contributed by atoms with E-state index in [1.807, 2.05) is 11.0 Å². The van der Waals surface area contributed by atoms with Crippen LogP contribution in [0.25, 0.3) is 10.9 Å². The van der Waals surface area contributed by atoms with Crippen LogP contribution in [0.3, 0.4) is 0 Å². The van der Waals surface area contributed by atoms with Gasteiger partial charge in [0, 0.05) is 25.2 Å². The predicted octanol–water partition coefficient (Wildman–Crippen LogP) is 2.67. The van der Waals surface area contributed by atoms with E-state index in [1.54, 1.807) is 0 Å². The quantitative estimate of drug-likeness (QED) is 0.484. The van der Waals surface area contributed by atoms with Crippen molar-refractivity contribution in [3.05, 3.63) is 58.1 Å². The highest BCUT2D eigenvalue weighted by molar-refractivity contribution is 7.91. The van der Waals surface area contributed by atoms with Gasteiger partial charge >= 0.3 is 6.36 Å². The van der Waals surface area contributed by atoms with Crippen molar-refractivity contribution in [2.24, 2.45) is 0 Å². The molecule has 0 unspecified atom stereocenters. The predicted molar refractivity (Wildman–Crippen MR) is 127 cm³/mol. The Bertz CT molecular complexity index is 1530. The van der Waals surface area contributed by atoms with Crippen LogP contribution in [0.1, 0.15) is 18.1 Å². The molecule has 37 heavy (non-hydrogen) atoms. The van der Waals surface area contributed by atoms with Crippen molar-refractivity contribution in [1.29, 1.82) is 5.26 Å². The van der Waals surface area contributed by atoms with Gasteiger partial charge in [-0.2, -0.15) is 5.26 Å². The van der Waals surface area contributed by atoms with Crippen molar-refractivity contribution in [1.82, 2.24) is 14.6 Å². The number of aromatic nitrogens is 2. The number of alkyl halides is 3. The van der Waals surface area contributed by atoms with Crippen molar-refractivity contribution in [3.63, 3.8) is 0 Å². The first-order valence-corrected chi connectivity index (χ1v) is 12.8. The SMILES string of the molecule is CCS(=O)(=O)c1ccc(C#N)cc1Nn1cnc2cc(CN3CCOCC3)c(OC(F)(F)F)cc2c1=O. The minimum absolute atomic E-state index is 0.0557. The van der Waals surface area contributed by atoms with E-state index in [0.717, 1.165) is 17.1 Å². The van der Waals surface area contributed by atoms with Gasteiger partial charge in [0.25, 0.3) is 5.56 Å². The molecule has 1 aliphatic heterocycles. The second kappa shape index (κ2) is 10.4. The molecule has 1 fully saturated rings. The molecule has 10 nitrogen and oxygen atoms in total. The summed E-state index contributed by atoms with van der Waals surface area (Å²) in [5.41, 5.74) is 2.23. The Labute approximate surface area is 209 Å². The van der Waals surface area contributed by atoms with Crippen molar-refractivity contribution in [3.8, 4) is 11.8 Å². The number of ether oxygens (including phenoxy) is 2. The summed E-state index contributed by atoms with van der Waals surface area (Å²) in [5, 5.41) is 9.03. The number of nitrogens with one attached hydrogen (secondary N) is 1. The van der Waals surface area contributed by atoms with E-state index < -0.39 is 27.5 Å². The van der Waals surface area contributed by atoms with Crippen LogP contribution < -0.4 is 15.7 Å². The Morgan fingerprint density at radius 2 is 1.95 bits per heavy atom. The van der Waals surface area contributed by atoms with Crippen molar-refractivity contribution in [2.45, 2.75) is 24.7 Å². The van der Waals surface area contributed by atoms with Gasteiger partial charge in [0.15, 0.2) is 9.84 Å². The average molecular weight is 538 g/mol. The Hall–Kier alpha value is -3.67. The summed E-state index contributed by atoms with van der Waals surface area (Å²) in [6.07, 6.45) is -3.90. The van der Waals surface area contributed by atoms with E-state index in [9.17, 15) is 31.6 Å². The normalized spacial score (nSPS) is 14.9. The van der Waals surface area contributed by atoms with E-state index in [0.29, 0.717) is 26.3 Å². The highest BCUT2D eigenvalue weighted by atomic mass is 32.2. The number of hydrogen-bond donors (Lipinski definition) is 1. The van der Waals surface area contributed by atoms with E-state index >= 15 is 0 Å². The van der Waals surface area contributed by atoms with Crippen LogP contribution in [0.5, 0.6) is 5.75 Å². The molecule has 0 amide bonds. The maximum Gasteiger partial charge on any atom is 0.573 e. The van der Waals surface area contributed by atoms with Gasteiger partial charge in [0.05, 0.1) is 52.1 Å². The number of benzene rings is 2. The number of fused-ring (bicyclic) bond motifs is 1. The smallest absolute Gasteiger partial charge is 0.405 e. The monoisotopic (exact) mass is 537 g/mol. The molecule has 0 radical (unpaired) electrons. The highest BCUT2D eigenvalue weighted by Gasteiger charge is 2.33. The molecular formula is C23H22F3N5O5S. The average Bonchev–Trinajstić information content (AvgIpc) is 2.86. The first-order valence-electron chi connectivity index (χ1n) is 11.1. The number of sulfone groups is 1. The first-order chi connectivity index (χ1) is 17.5. The second-order valence-electron chi connectivity index (χ2n) is 8.17. The summed E-state index contributed by atoms with van der Waals surface area (Å²) in [6.45, 7) is 3.51. The summed E-state index contributed by atoms with van der Waals surface area (Å²) < 4.78 is 74.9. The molecule has 1 aliphatic rings. The molecule has 0 saturated carbocycles. The molecule has 1 saturated heterocycles. The van der Waals surface area contributed by atoms with Crippen LogP contribution in [0.4, 0.5) is 18.9 Å². The fourth-order valence-electron chi connectivity index (χ4n) is 3.86. The summed E-state index contributed by atoms with van der Waals surface area (Å²) in [4.78, 5) is 19.2. The molecule has 3 aromatic rings. The zero-order valence-electron chi connectivity index (χ0n) is 19.6. The van der Waals surface area contributed by atoms with Gasteiger partial charge in [-0.25, -0.2) is 18.1 Å². The lowest BCUT2D eigenvalue weighted by molar-refractivity contribution is -0.275. The lowest BCUT2D eigenvalue weighted by atomic mass is 10.1. The molecule has 4 rings (SSSR count). The molecule has 14 heteroatoms. The lowest BCUT2D eigenvalue weighted by Gasteiger charge is -2.27. The van der Waals surface area contributed by atoms with E-state index in [-0.39, 0.29) is 44.9 Å². The Morgan fingerprint density at radius 1 is 1.22 bits per heavy atom. The number of hydrogen-bond acceptors (Lipinski definition) is 9. The fraction of sp³-hybridized carbons (Fsp3) is 0.348. The molecule has 2 heterocycles. The standard InChI is InChI=1S/C23H22F3N5O5S/c1-2-37(33,34)21-4-3-15(12-27)9-19(21)29-31-14-28-18-10-16(13-30-5-7-35-8-6-30)20(36-23(24,25)26)11-17(18)22(31)32/h3-4,9-11,14,29H,2,5-8,13H2,1H3. The Morgan fingerprint density at radius 3 is 2.59 bits per heavy atom. The van der Waals surface area contributed by atoms with E-state index in [2.05, 4.69) is 15.1 Å². The van der Waals surface area contributed by atoms with Crippen LogP contribution in [0, 0.1) is 11.3 Å². The van der Waals surface area contributed by atoms with Crippen molar-refractivity contribution >= 4 is 26.4 Å². The molecule has 196 valence electrons. The molecule has 1 aromatic heterocycles. The van der Waals surface area contributed by atoms with Crippen LogP contribution >= 0.6 is 0 Å². The number of rotatable bonds is 7. The molecule has 2 aromatic carbocycles. The van der Waals surface area contributed by atoms with Gasteiger partial charge in [0.1, 0.15) is 12.1 Å². The third-order valence-corrected chi connectivity index (χ3v) is 7.51. The van der Waals surface area contributed by atoms with Crippen LogP contribution in [-0.4, -0.2) is 61.4 Å². The summed E-state index contributed by atoms with van der Waals surface area (Å²) in [6, 6.07) is 8.05. The third kappa shape index (κ3) is 6.01. The zero-order valence-corrected chi connectivity index (χ0v) is 20.4. The molecule has 1 N–H and O–H groups in total. The second-order valence-corrected chi connectivity index (χ2v) is 10.4. The first kappa shape index (κ1) is 26.4. The van der Waals surface area contributed by atoms with Gasteiger partial charge in [-0.3, -0.25) is 15.1 Å². The number of halogens is 3. The maximum absolute atomic E-state index is 13.2. The molecule has 0 bridgehead atoms. The number of nitriles is 1. The van der Waals surface area contributed by atoms with Crippen molar-refractivity contribution < 1.29 is 31.1 Å². The summed E-state index contributed by atoms with van der Waals surface area (Å²) in [5.74, 6) is -0.772. The van der Waals surface area contributed by atoms with Gasteiger partial charge in [0.2, 0.25) is 0 Å². The molecule has 0 aliphatic carbocycles. The van der Waals surface area contributed by atoms with Crippen LogP contribution in [0.2, 0.25) is 0 Å². The number of nitrogens with zero attached hydrogens (tertiary/aromatic N) is 4. The van der Waals surface area contributed by atoms with E-state index in [1.165, 1.54) is 31.2 Å². The number of morpholine rings is 1. The summed E-state index contributed by atoms with van der Waals surface area (Å²) >= 11 is 0. The minimum Gasteiger partial charge on any atom is -0.405 e. The van der Waals surface area contributed by atoms with Gasteiger partial charge in [-0.1, -0.05) is 6.92 Å². The zero-order chi connectivity index (χ0) is 26.8. The van der Waals surface area contributed by atoms with Gasteiger partial charge in [-0.05, 0) is 30.3 Å². The largest absolute Gasteiger partial charge is 0.573 e.